The second-order valence-electron chi connectivity index (χ2n) is 3.45. The lowest BCUT2D eigenvalue weighted by Gasteiger charge is -2.09. The molecule has 0 aliphatic rings. The van der Waals surface area contributed by atoms with E-state index in [2.05, 4.69) is 39.8 Å². The molecule has 5 heteroatoms. The Labute approximate surface area is 93.0 Å². The molecule has 1 N–H and O–H groups in total. The predicted octanol–water partition coefficient (Wildman–Crippen LogP) is 1.73. The molecule has 0 amide bonds. The van der Waals surface area contributed by atoms with E-state index in [1.807, 2.05) is 7.05 Å². The Hall–Kier alpha value is -1.20. The van der Waals surface area contributed by atoms with E-state index < -0.39 is 0 Å². The number of hydrogen-bond acceptors (Lipinski definition) is 4. The maximum absolute atomic E-state index is 4.21. The third kappa shape index (κ3) is 2.64. The van der Waals surface area contributed by atoms with Gasteiger partial charge in [-0.2, -0.15) is 5.10 Å². The van der Waals surface area contributed by atoms with Crippen molar-refractivity contribution in [2.24, 2.45) is 7.05 Å². The van der Waals surface area contributed by atoms with E-state index in [1.165, 1.54) is 4.88 Å². The number of aromatic nitrogens is 3. The van der Waals surface area contributed by atoms with Gasteiger partial charge in [0.25, 0.3) is 0 Å². The topological polar surface area (TPSA) is 42.7 Å². The van der Waals surface area contributed by atoms with Gasteiger partial charge in [0.05, 0.1) is 6.54 Å². The average molecular weight is 222 g/mol. The Morgan fingerprint density at radius 1 is 1.60 bits per heavy atom. The Balaban J connectivity index is 1.88. The van der Waals surface area contributed by atoms with E-state index in [4.69, 9.17) is 0 Å². The normalized spacial score (nSPS) is 12.9. The molecule has 80 valence electrons. The number of thiophene rings is 1. The number of rotatable bonds is 4. The Morgan fingerprint density at radius 2 is 2.47 bits per heavy atom. The van der Waals surface area contributed by atoms with Gasteiger partial charge in [0.15, 0.2) is 5.82 Å². The maximum Gasteiger partial charge on any atom is 0.164 e. The van der Waals surface area contributed by atoms with Crippen molar-refractivity contribution in [2.45, 2.75) is 19.5 Å². The predicted molar refractivity (Wildman–Crippen MR) is 60.6 cm³/mol. The first kappa shape index (κ1) is 10.3. The van der Waals surface area contributed by atoms with Crippen molar-refractivity contribution in [3.8, 4) is 0 Å². The molecule has 0 aliphatic heterocycles. The zero-order valence-electron chi connectivity index (χ0n) is 8.84. The number of hydrogen-bond donors (Lipinski definition) is 1. The molecule has 0 bridgehead atoms. The van der Waals surface area contributed by atoms with Gasteiger partial charge < -0.3 is 5.32 Å². The van der Waals surface area contributed by atoms with Crippen molar-refractivity contribution in [2.75, 3.05) is 0 Å². The summed E-state index contributed by atoms with van der Waals surface area (Å²) in [5.41, 5.74) is 0. The van der Waals surface area contributed by atoms with Crippen LogP contribution in [0, 0.1) is 0 Å². The fourth-order valence-electron chi connectivity index (χ4n) is 1.35. The van der Waals surface area contributed by atoms with Crippen molar-refractivity contribution < 1.29 is 0 Å². The summed E-state index contributed by atoms with van der Waals surface area (Å²) in [5.74, 6) is 0.834. The van der Waals surface area contributed by atoms with Gasteiger partial charge in [-0.1, -0.05) is 6.07 Å². The van der Waals surface area contributed by atoms with Crippen LogP contribution in [0.5, 0.6) is 0 Å². The van der Waals surface area contributed by atoms with E-state index in [-0.39, 0.29) is 0 Å². The summed E-state index contributed by atoms with van der Waals surface area (Å²) in [7, 11) is 1.87. The van der Waals surface area contributed by atoms with Gasteiger partial charge in [-0.3, -0.25) is 4.68 Å². The van der Waals surface area contributed by atoms with Gasteiger partial charge in [-0.05, 0) is 18.4 Å². The summed E-state index contributed by atoms with van der Waals surface area (Å²) >= 11 is 1.76. The first-order chi connectivity index (χ1) is 7.25. The van der Waals surface area contributed by atoms with Gasteiger partial charge in [-0.15, -0.1) is 11.3 Å². The quantitative estimate of drug-likeness (QED) is 0.856. The van der Waals surface area contributed by atoms with Gasteiger partial charge >= 0.3 is 0 Å². The molecule has 15 heavy (non-hydrogen) atoms. The molecule has 0 spiro atoms. The van der Waals surface area contributed by atoms with E-state index in [1.54, 1.807) is 22.3 Å². The van der Waals surface area contributed by atoms with E-state index in [0.29, 0.717) is 12.6 Å². The van der Waals surface area contributed by atoms with Gasteiger partial charge in [0, 0.05) is 18.0 Å². The van der Waals surface area contributed by atoms with Crippen LogP contribution in [0.15, 0.2) is 23.8 Å². The van der Waals surface area contributed by atoms with Gasteiger partial charge in [0.1, 0.15) is 6.33 Å². The van der Waals surface area contributed by atoms with Crippen molar-refractivity contribution in [3.05, 3.63) is 34.5 Å². The summed E-state index contributed by atoms with van der Waals surface area (Å²) in [5, 5.41) is 9.69. The van der Waals surface area contributed by atoms with Crippen molar-refractivity contribution in [1.29, 1.82) is 0 Å². The molecule has 0 fully saturated rings. The molecule has 2 rings (SSSR count). The second kappa shape index (κ2) is 4.55. The smallest absolute Gasteiger partial charge is 0.164 e. The highest BCUT2D eigenvalue weighted by Crippen LogP contribution is 2.18. The zero-order valence-corrected chi connectivity index (χ0v) is 9.66. The molecule has 1 unspecified atom stereocenters. The van der Waals surface area contributed by atoms with Crippen LogP contribution in [0.1, 0.15) is 23.7 Å². The van der Waals surface area contributed by atoms with Gasteiger partial charge in [0.2, 0.25) is 0 Å². The Morgan fingerprint density at radius 3 is 3.07 bits per heavy atom. The number of nitrogens with one attached hydrogen (secondary N) is 1. The monoisotopic (exact) mass is 222 g/mol. The molecule has 0 aromatic carbocycles. The van der Waals surface area contributed by atoms with Crippen LogP contribution in [-0.4, -0.2) is 14.8 Å². The lowest BCUT2D eigenvalue weighted by molar-refractivity contribution is 0.563. The van der Waals surface area contributed by atoms with Crippen LogP contribution < -0.4 is 5.32 Å². The van der Waals surface area contributed by atoms with E-state index in [9.17, 15) is 0 Å². The SMILES string of the molecule is CC(NCc1ncn(C)n1)c1cccs1. The minimum Gasteiger partial charge on any atom is -0.302 e. The van der Waals surface area contributed by atoms with Crippen LogP contribution in [0.25, 0.3) is 0 Å². The standard InChI is InChI=1S/C10H14N4S/c1-8(9-4-3-5-15-9)11-6-10-12-7-14(2)13-10/h3-5,7-8,11H,6H2,1-2H3. The largest absolute Gasteiger partial charge is 0.302 e. The third-order valence-electron chi connectivity index (χ3n) is 2.18. The number of aryl methyl sites for hydroxylation is 1. The van der Waals surface area contributed by atoms with Crippen LogP contribution >= 0.6 is 11.3 Å². The lowest BCUT2D eigenvalue weighted by atomic mass is 10.3. The molecule has 0 saturated carbocycles. The minimum absolute atomic E-state index is 0.355. The van der Waals surface area contributed by atoms with Crippen LogP contribution in [0.4, 0.5) is 0 Å². The van der Waals surface area contributed by atoms with Crippen molar-refractivity contribution >= 4 is 11.3 Å². The summed E-state index contributed by atoms with van der Waals surface area (Å²) < 4.78 is 1.72. The van der Waals surface area contributed by atoms with Crippen LogP contribution in [0.3, 0.4) is 0 Å². The van der Waals surface area contributed by atoms with E-state index >= 15 is 0 Å². The highest BCUT2D eigenvalue weighted by molar-refractivity contribution is 7.10. The summed E-state index contributed by atoms with van der Waals surface area (Å²) in [6.07, 6.45) is 1.72. The maximum atomic E-state index is 4.21. The molecular formula is C10H14N4S. The minimum atomic E-state index is 0.355. The Kier molecular flexibility index (Phi) is 3.13. The van der Waals surface area contributed by atoms with Gasteiger partial charge in [-0.25, -0.2) is 4.98 Å². The molecule has 1 atom stereocenters. The summed E-state index contributed by atoms with van der Waals surface area (Å²) in [6, 6.07) is 4.56. The molecular weight excluding hydrogens is 208 g/mol. The first-order valence-corrected chi connectivity index (χ1v) is 5.75. The molecule has 2 heterocycles. The van der Waals surface area contributed by atoms with Crippen LogP contribution in [0.2, 0.25) is 0 Å². The Bertz CT molecular complexity index is 407. The average Bonchev–Trinajstić information content (AvgIpc) is 2.84. The lowest BCUT2D eigenvalue weighted by Crippen LogP contribution is -2.18. The fourth-order valence-corrected chi connectivity index (χ4v) is 2.11. The molecule has 0 saturated heterocycles. The second-order valence-corrected chi connectivity index (χ2v) is 4.43. The first-order valence-electron chi connectivity index (χ1n) is 4.87. The molecule has 2 aromatic heterocycles. The third-order valence-corrected chi connectivity index (χ3v) is 3.24. The molecule has 4 nitrogen and oxygen atoms in total. The highest BCUT2D eigenvalue weighted by atomic mass is 32.1. The molecule has 0 radical (unpaired) electrons. The van der Waals surface area contributed by atoms with E-state index in [0.717, 1.165) is 5.82 Å². The van der Waals surface area contributed by atoms with Crippen LogP contribution in [-0.2, 0) is 13.6 Å². The molecule has 0 aliphatic carbocycles. The summed E-state index contributed by atoms with van der Waals surface area (Å²) in [6.45, 7) is 2.86. The number of nitrogens with zero attached hydrogens (tertiary/aromatic N) is 3. The summed E-state index contributed by atoms with van der Waals surface area (Å²) in [4.78, 5) is 5.50. The fraction of sp³-hybridized carbons (Fsp3) is 0.400. The molecule has 2 aromatic rings. The zero-order chi connectivity index (χ0) is 10.7. The highest BCUT2D eigenvalue weighted by Gasteiger charge is 2.06. The van der Waals surface area contributed by atoms with Crippen molar-refractivity contribution in [1.82, 2.24) is 20.1 Å². The van der Waals surface area contributed by atoms with Crippen molar-refractivity contribution in [3.63, 3.8) is 0 Å².